The lowest BCUT2D eigenvalue weighted by Gasteiger charge is -2.31. The minimum atomic E-state index is -0.960. The normalized spacial score (nSPS) is 27.2. The van der Waals surface area contributed by atoms with Crippen LogP contribution in [-0.4, -0.2) is 16.3 Å². The average Bonchev–Trinajstić information content (AvgIpc) is 2.30. The van der Waals surface area contributed by atoms with Crippen molar-refractivity contribution >= 4 is 29.3 Å². The molecule has 0 aromatic heterocycles. The topological polar surface area (TPSA) is 37.3 Å². The van der Waals surface area contributed by atoms with Gasteiger partial charge in [0.2, 0.25) is 0 Å². The van der Waals surface area contributed by atoms with Crippen molar-refractivity contribution in [2.24, 2.45) is 11.8 Å². The van der Waals surface area contributed by atoms with Crippen LogP contribution in [0.3, 0.4) is 0 Å². The molecule has 1 saturated carbocycles. The maximum atomic E-state index is 11.1. The third-order valence-corrected chi connectivity index (χ3v) is 5.18. The van der Waals surface area contributed by atoms with Gasteiger partial charge in [-0.2, -0.15) is 0 Å². The summed E-state index contributed by atoms with van der Waals surface area (Å²) in [5.41, 5.74) is 0.198. The Bertz CT molecular complexity index is 465. The van der Waals surface area contributed by atoms with Crippen molar-refractivity contribution in [3.63, 3.8) is 0 Å². The van der Waals surface area contributed by atoms with E-state index in [0.29, 0.717) is 10.3 Å². The molecule has 4 heteroatoms. The molecule has 19 heavy (non-hydrogen) atoms. The quantitative estimate of drug-likeness (QED) is 0.857. The molecule has 0 amide bonds. The van der Waals surface area contributed by atoms with Gasteiger partial charge in [-0.3, -0.25) is 0 Å². The van der Waals surface area contributed by atoms with E-state index in [-0.39, 0.29) is 5.56 Å². The molecule has 0 radical (unpaired) electrons. The summed E-state index contributed by atoms with van der Waals surface area (Å²) in [6.07, 6.45) is 3.72. The summed E-state index contributed by atoms with van der Waals surface area (Å²) in [6, 6.07) is 5.30. The minimum absolute atomic E-state index is 0.198. The second-order valence-electron chi connectivity index (χ2n) is 5.60. The predicted octanol–water partition coefficient (Wildman–Crippen LogP) is 4.96. The Hall–Kier alpha value is -0.670. The fourth-order valence-electron chi connectivity index (χ4n) is 2.90. The number of aromatic carboxylic acids is 1. The highest BCUT2D eigenvalue weighted by Crippen LogP contribution is 2.39. The standard InChI is InChI=1S/C15H19ClO2S/c1-9-5-10(2)7-12(6-9)19-11-3-4-14(16)13(8-11)15(17)18/h3-4,8-10,12H,5-7H2,1-2H3,(H,17,18). The highest BCUT2D eigenvalue weighted by molar-refractivity contribution is 8.00. The van der Waals surface area contributed by atoms with Gasteiger partial charge in [0.15, 0.2) is 0 Å². The fourth-order valence-corrected chi connectivity index (χ4v) is 4.67. The molecular weight excluding hydrogens is 280 g/mol. The molecule has 1 aromatic carbocycles. The van der Waals surface area contributed by atoms with Gasteiger partial charge >= 0.3 is 5.97 Å². The monoisotopic (exact) mass is 298 g/mol. The van der Waals surface area contributed by atoms with Crippen LogP contribution in [0.1, 0.15) is 43.5 Å². The number of hydrogen-bond acceptors (Lipinski definition) is 2. The molecule has 0 saturated heterocycles. The van der Waals surface area contributed by atoms with Crippen LogP contribution < -0.4 is 0 Å². The molecule has 2 rings (SSSR count). The highest BCUT2D eigenvalue weighted by atomic mass is 35.5. The van der Waals surface area contributed by atoms with Crippen molar-refractivity contribution in [1.29, 1.82) is 0 Å². The van der Waals surface area contributed by atoms with Crippen LogP contribution in [0, 0.1) is 11.8 Å². The van der Waals surface area contributed by atoms with Gasteiger partial charge in [0, 0.05) is 10.1 Å². The van der Waals surface area contributed by atoms with E-state index in [9.17, 15) is 4.79 Å². The van der Waals surface area contributed by atoms with Gasteiger partial charge in [0.25, 0.3) is 0 Å². The first-order chi connectivity index (χ1) is 8.95. The molecule has 2 atom stereocenters. The van der Waals surface area contributed by atoms with E-state index in [1.54, 1.807) is 23.9 Å². The van der Waals surface area contributed by atoms with Crippen molar-refractivity contribution < 1.29 is 9.90 Å². The predicted molar refractivity (Wildman–Crippen MR) is 80.2 cm³/mol. The molecule has 2 unspecified atom stereocenters. The van der Waals surface area contributed by atoms with E-state index < -0.39 is 5.97 Å². The summed E-state index contributed by atoms with van der Waals surface area (Å²) in [4.78, 5) is 12.1. The minimum Gasteiger partial charge on any atom is -0.478 e. The second kappa shape index (κ2) is 6.19. The Balaban J connectivity index is 2.10. The third-order valence-electron chi connectivity index (χ3n) is 3.61. The van der Waals surface area contributed by atoms with Crippen molar-refractivity contribution in [3.8, 4) is 0 Å². The number of benzene rings is 1. The van der Waals surface area contributed by atoms with Crippen LogP contribution >= 0.6 is 23.4 Å². The Labute approximate surface area is 123 Å². The molecule has 0 spiro atoms. The molecular formula is C15H19ClO2S. The van der Waals surface area contributed by atoms with E-state index in [4.69, 9.17) is 16.7 Å². The zero-order chi connectivity index (χ0) is 14.0. The fraction of sp³-hybridized carbons (Fsp3) is 0.533. The Morgan fingerprint density at radius 2 is 1.89 bits per heavy atom. The molecule has 1 fully saturated rings. The first-order valence-corrected chi connectivity index (χ1v) is 7.91. The Morgan fingerprint density at radius 1 is 1.26 bits per heavy atom. The van der Waals surface area contributed by atoms with E-state index in [2.05, 4.69) is 13.8 Å². The van der Waals surface area contributed by atoms with Crippen molar-refractivity contribution in [1.82, 2.24) is 0 Å². The zero-order valence-corrected chi connectivity index (χ0v) is 12.8. The molecule has 2 nitrogen and oxygen atoms in total. The first kappa shape index (κ1) is 14.7. The Morgan fingerprint density at radius 3 is 2.47 bits per heavy atom. The van der Waals surface area contributed by atoms with Gasteiger partial charge in [-0.05, 0) is 49.3 Å². The number of hydrogen-bond donors (Lipinski definition) is 1. The number of carboxylic acids is 1. The summed E-state index contributed by atoms with van der Waals surface area (Å²) in [6.45, 7) is 4.60. The number of halogens is 1. The lowest BCUT2D eigenvalue weighted by molar-refractivity contribution is 0.0697. The van der Waals surface area contributed by atoms with Gasteiger partial charge in [-0.15, -0.1) is 11.8 Å². The molecule has 1 aliphatic rings. The van der Waals surface area contributed by atoms with Crippen molar-refractivity contribution in [3.05, 3.63) is 28.8 Å². The maximum absolute atomic E-state index is 11.1. The van der Waals surface area contributed by atoms with Crippen molar-refractivity contribution in [2.45, 2.75) is 43.3 Å². The third kappa shape index (κ3) is 3.90. The summed E-state index contributed by atoms with van der Waals surface area (Å²) < 4.78 is 0. The number of rotatable bonds is 3. The molecule has 0 heterocycles. The second-order valence-corrected chi connectivity index (χ2v) is 7.39. The van der Waals surface area contributed by atoms with E-state index in [1.807, 2.05) is 6.07 Å². The summed E-state index contributed by atoms with van der Waals surface area (Å²) in [5.74, 6) is 0.554. The zero-order valence-electron chi connectivity index (χ0n) is 11.2. The van der Waals surface area contributed by atoms with Gasteiger partial charge in [-0.1, -0.05) is 25.4 Å². The lowest BCUT2D eigenvalue weighted by Crippen LogP contribution is -2.21. The average molecular weight is 299 g/mol. The number of carboxylic acid groups (broad SMARTS) is 1. The largest absolute Gasteiger partial charge is 0.478 e. The summed E-state index contributed by atoms with van der Waals surface area (Å²) in [5, 5.41) is 9.98. The van der Waals surface area contributed by atoms with Crippen LogP contribution in [0.2, 0.25) is 5.02 Å². The van der Waals surface area contributed by atoms with Gasteiger partial charge in [-0.25, -0.2) is 4.79 Å². The smallest absolute Gasteiger partial charge is 0.337 e. The SMILES string of the molecule is CC1CC(C)CC(Sc2ccc(Cl)c(C(=O)O)c2)C1. The molecule has 0 bridgehead atoms. The van der Waals surface area contributed by atoms with Crippen molar-refractivity contribution in [2.75, 3.05) is 0 Å². The van der Waals surface area contributed by atoms with E-state index >= 15 is 0 Å². The lowest BCUT2D eigenvalue weighted by atomic mass is 9.83. The first-order valence-electron chi connectivity index (χ1n) is 6.65. The molecule has 1 aromatic rings. The molecule has 1 aliphatic carbocycles. The van der Waals surface area contributed by atoms with Crippen LogP contribution in [0.15, 0.2) is 23.1 Å². The maximum Gasteiger partial charge on any atom is 0.337 e. The van der Waals surface area contributed by atoms with Gasteiger partial charge in [0.05, 0.1) is 10.6 Å². The van der Waals surface area contributed by atoms with Crippen LogP contribution in [0.5, 0.6) is 0 Å². The number of carbonyl (C=O) groups is 1. The summed E-state index contributed by atoms with van der Waals surface area (Å²) >= 11 is 7.68. The van der Waals surface area contributed by atoms with E-state index in [0.717, 1.165) is 16.7 Å². The van der Waals surface area contributed by atoms with E-state index in [1.165, 1.54) is 19.3 Å². The molecule has 104 valence electrons. The Kier molecular flexibility index (Phi) is 4.80. The van der Waals surface area contributed by atoms with Gasteiger partial charge < -0.3 is 5.11 Å². The highest BCUT2D eigenvalue weighted by Gasteiger charge is 2.24. The molecule has 0 aliphatic heterocycles. The van der Waals surface area contributed by atoms with Gasteiger partial charge in [0.1, 0.15) is 0 Å². The van der Waals surface area contributed by atoms with Crippen LogP contribution in [0.4, 0.5) is 0 Å². The molecule has 1 N–H and O–H groups in total. The number of thioether (sulfide) groups is 1. The van der Waals surface area contributed by atoms with Crippen LogP contribution in [-0.2, 0) is 0 Å². The summed E-state index contributed by atoms with van der Waals surface area (Å²) in [7, 11) is 0. The van der Waals surface area contributed by atoms with Crippen LogP contribution in [0.25, 0.3) is 0 Å².